The molecule has 6 aromatic rings. The van der Waals surface area contributed by atoms with Crippen LogP contribution >= 0.6 is 0 Å². The van der Waals surface area contributed by atoms with Gasteiger partial charge in [-0.1, -0.05) is 161 Å². The minimum absolute atomic E-state index is 0. The normalized spacial score (nSPS) is 18.2. The van der Waals surface area contributed by atoms with E-state index >= 15 is 0 Å². The van der Waals surface area contributed by atoms with Crippen LogP contribution in [0.1, 0.15) is 136 Å². The van der Waals surface area contributed by atoms with Gasteiger partial charge in [0.05, 0.1) is 7.11 Å². The molecule has 0 amide bonds. The molecule has 0 unspecified atom stereocenters. The molecule has 2 fully saturated rings. The molecular weight excluding hydrogens is 1030 g/mol. The first-order valence-electron chi connectivity index (χ1n) is 23.8. The molecule has 1 radical (unpaired) electrons. The molecule has 0 heterocycles. The Hall–Kier alpha value is -3.44. The second-order valence-corrected chi connectivity index (χ2v) is 18.2. The molecule has 8 rings (SSSR count). The fourth-order valence-electron chi connectivity index (χ4n) is 10.0. The van der Waals surface area contributed by atoms with E-state index in [2.05, 4.69) is 123 Å². The Labute approximate surface area is 416 Å². The SMILES string of the molecule is CCCC1CCC(c2ccc(-c3ccc(CCc4ccc(O)cc4)cc3)cc2)CC1.CCCC1CCC(c2ccc(-c3ccc(CCc4ccc(OC)cc4)cc3)cc2)CC1.[U].[V]. The quantitative estimate of drug-likeness (QED) is 0.111. The fourth-order valence-corrected chi connectivity index (χ4v) is 10.0. The third-order valence-corrected chi connectivity index (χ3v) is 13.9. The second kappa shape index (κ2) is 26.5. The summed E-state index contributed by atoms with van der Waals surface area (Å²) in [4.78, 5) is 0. The Balaban J connectivity index is 0.000000230. The Morgan fingerprint density at radius 1 is 0.413 bits per heavy atom. The van der Waals surface area contributed by atoms with Gasteiger partial charge in [0.15, 0.2) is 0 Å². The zero-order valence-electron chi connectivity index (χ0n) is 38.3. The van der Waals surface area contributed by atoms with Crippen LogP contribution in [0.5, 0.6) is 11.5 Å². The van der Waals surface area contributed by atoms with Crippen LogP contribution in [0.3, 0.4) is 0 Å². The molecule has 0 aliphatic heterocycles. The smallest absolute Gasteiger partial charge is 0.118 e. The molecule has 2 nitrogen and oxygen atoms in total. The first kappa shape index (κ1) is 50.6. The van der Waals surface area contributed by atoms with Gasteiger partial charge < -0.3 is 9.84 Å². The summed E-state index contributed by atoms with van der Waals surface area (Å²) in [5.74, 6) is 4.72. The van der Waals surface area contributed by atoms with Crippen LogP contribution < -0.4 is 4.74 Å². The van der Waals surface area contributed by atoms with E-state index in [4.69, 9.17) is 4.74 Å². The molecule has 0 aromatic heterocycles. The van der Waals surface area contributed by atoms with Gasteiger partial charge >= 0.3 is 0 Å². The van der Waals surface area contributed by atoms with E-state index in [0.717, 1.165) is 55.1 Å². The van der Waals surface area contributed by atoms with Crippen molar-refractivity contribution in [3.8, 4) is 33.8 Å². The van der Waals surface area contributed by atoms with Gasteiger partial charge in [-0.3, -0.25) is 0 Å². The van der Waals surface area contributed by atoms with Gasteiger partial charge in [0.25, 0.3) is 0 Å². The van der Waals surface area contributed by atoms with Gasteiger partial charge in [0.2, 0.25) is 0 Å². The molecule has 1 N–H and O–H groups in total. The molecule has 0 spiro atoms. The van der Waals surface area contributed by atoms with Crippen molar-refractivity contribution < 1.29 is 59.5 Å². The largest absolute Gasteiger partial charge is 0.508 e. The van der Waals surface area contributed by atoms with Gasteiger partial charge in [0, 0.05) is 49.7 Å². The van der Waals surface area contributed by atoms with Crippen molar-refractivity contribution in [3.05, 3.63) is 179 Å². The van der Waals surface area contributed by atoms with Crippen LogP contribution in [0.4, 0.5) is 0 Å². The fraction of sp³-hybridized carbons (Fsp3) is 0.390. The second-order valence-electron chi connectivity index (χ2n) is 18.2. The number of hydrogen-bond acceptors (Lipinski definition) is 2. The summed E-state index contributed by atoms with van der Waals surface area (Å²) in [6.45, 7) is 4.63. The number of hydrogen-bond donors (Lipinski definition) is 1. The third-order valence-electron chi connectivity index (χ3n) is 13.9. The van der Waals surface area contributed by atoms with Gasteiger partial charge in [-0.25, -0.2) is 0 Å². The van der Waals surface area contributed by atoms with E-state index in [0.29, 0.717) is 5.75 Å². The molecule has 0 saturated heterocycles. The predicted molar refractivity (Wildman–Crippen MR) is 259 cm³/mol. The summed E-state index contributed by atoms with van der Waals surface area (Å²) in [7, 11) is 1.71. The van der Waals surface area contributed by atoms with Crippen molar-refractivity contribution >= 4 is 0 Å². The predicted octanol–water partition coefficient (Wildman–Crippen LogP) is 16.1. The zero-order valence-corrected chi connectivity index (χ0v) is 43.8. The van der Waals surface area contributed by atoms with Crippen LogP contribution in [0.2, 0.25) is 0 Å². The molecule has 63 heavy (non-hydrogen) atoms. The molecule has 6 aromatic carbocycles. The molecule has 2 aliphatic carbocycles. The first-order chi connectivity index (χ1) is 30.0. The number of benzene rings is 6. The maximum Gasteiger partial charge on any atom is 0.118 e. The summed E-state index contributed by atoms with van der Waals surface area (Å²) < 4.78 is 5.24. The van der Waals surface area contributed by atoms with Crippen molar-refractivity contribution in [1.82, 2.24) is 0 Å². The van der Waals surface area contributed by atoms with Crippen LogP contribution in [-0.2, 0) is 44.2 Å². The van der Waals surface area contributed by atoms with Crippen molar-refractivity contribution in [2.24, 2.45) is 11.8 Å². The maximum atomic E-state index is 9.40. The van der Waals surface area contributed by atoms with E-state index in [9.17, 15) is 5.11 Å². The maximum absolute atomic E-state index is 9.40. The molecule has 4 heteroatoms. The molecule has 2 aliphatic rings. The van der Waals surface area contributed by atoms with Crippen LogP contribution in [0.25, 0.3) is 22.3 Å². The minimum atomic E-state index is 0. The standard InChI is InChI=1S/C30H36O.C29H34O.U.V/c1-3-4-23-7-13-26(14-8-23)28-17-19-29(20-18-28)27-15-9-24(10-16-27)5-6-25-11-21-30(31-2)22-12-25;1-2-3-22-6-12-25(13-7-22)27-16-18-28(19-17-27)26-14-8-23(9-15-26)4-5-24-10-20-29(30)21-11-24;;/h9-12,15-23,26H,3-8,13-14H2,1-2H3;8-11,14-22,25,30H,2-7,12-13H2,1H3;;. The number of aromatic hydroxyl groups is 1. The summed E-state index contributed by atoms with van der Waals surface area (Å²) >= 11 is 0. The number of ether oxygens (including phenoxy) is 1. The average molecular weight is 1100 g/mol. The number of phenols is 1. The van der Waals surface area contributed by atoms with Crippen molar-refractivity contribution in [2.75, 3.05) is 7.11 Å². The summed E-state index contributed by atoms with van der Waals surface area (Å²) in [6.07, 6.45) is 20.7. The number of methoxy groups -OCH3 is 1. The minimum Gasteiger partial charge on any atom is -0.508 e. The van der Waals surface area contributed by atoms with Gasteiger partial charge in [0.1, 0.15) is 11.5 Å². The molecule has 0 bridgehead atoms. The number of phenolic OH excluding ortho intramolecular Hbond substituents is 1. The van der Waals surface area contributed by atoms with Crippen LogP contribution in [-0.4, -0.2) is 12.2 Å². The molecule has 2 saturated carbocycles. The van der Waals surface area contributed by atoms with Gasteiger partial charge in [-0.15, -0.1) is 0 Å². The van der Waals surface area contributed by atoms with E-state index in [-0.39, 0.29) is 49.7 Å². The first-order valence-corrected chi connectivity index (χ1v) is 23.8. The van der Waals surface area contributed by atoms with E-state index in [1.807, 2.05) is 24.3 Å². The topological polar surface area (TPSA) is 29.5 Å². The molecule has 327 valence electrons. The Bertz CT molecular complexity index is 2150. The van der Waals surface area contributed by atoms with Crippen molar-refractivity contribution in [2.45, 2.75) is 128 Å². The van der Waals surface area contributed by atoms with E-state index in [1.54, 1.807) is 19.2 Å². The third kappa shape index (κ3) is 15.3. The van der Waals surface area contributed by atoms with Crippen LogP contribution in [0, 0.1) is 42.9 Å². The number of rotatable bonds is 15. The average Bonchev–Trinajstić information content (AvgIpc) is 3.32. The monoisotopic (exact) mass is 1100 g/mol. The van der Waals surface area contributed by atoms with E-state index in [1.165, 1.54) is 133 Å². The number of aryl methyl sites for hydroxylation is 4. The van der Waals surface area contributed by atoms with Crippen molar-refractivity contribution in [3.63, 3.8) is 0 Å². The summed E-state index contributed by atoms with van der Waals surface area (Å²) in [5, 5.41) is 9.40. The van der Waals surface area contributed by atoms with Crippen molar-refractivity contribution in [1.29, 1.82) is 0 Å². The summed E-state index contributed by atoms with van der Waals surface area (Å²) in [5.41, 5.74) is 13.7. The zero-order chi connectivity index (χ0) is 42.2. The van der Waals surface area contributed by atoms with Gasteiger partial charge in [-0.2, -0.15) is 0 Å². The Kier molecular flexibility index (Phi) is 21.3. The van der Waals surface area contributed by atoms with Crippen LogP contribution in [0.15, 0.2) is 146 Å². The molecule has 0 atom stereocenters. The molecular formula is C59H70O2UV. The Morgan fingerprint density at radius 2 is 0.698 bits per heavy atom. The summed E-state index contributed by atoms with van der Waals surface area (Å²) in [6, 6.07) is 52.7. The van der Waals surface area contributed by atoms with Gasteiger partial charge in [-0.05, 0) is 181 Å². The van der Waals surface area contributed by atoms with E-state index < -0.39 is 0 Å². The Morgan fingerprint density at radius 3 is 1.00 bits per heavy atom.